The monoisotopic (exact) mass is 245 g/mol. The third-order valence-electron chi connectivity index (χ3n) is 4.06. The number of nitrogens with zero attached hydrogens (tertiary/aromatic N) is 1. The van der Waals surface area contributed by atoms with E-state index in [0.29, 0.717) is 25.0 Å². The van der Waals surface area contributed by atoms with Crippen LogP contribution in [0, 0.1) is 5.92 Å². The van der Waals surface area contributed by atoms with E-state index in [4.69, 9.17) is 4.74 Å². The maximum atomic E-state index is 12.2. The Morgan fingerprint density at radius 2 is 2.28 bits per heavy atom. The summed E-state index contributed by atoms with van der Waals surface area (Å²) in [5, 5.41) is 0. The number of hydrogen-bond donors (Lipinski definition) is 0. The molecule has 0 aromatic heterocycles. The molecule has 0 bridgehead atoms. The molecule has 2 aliphatic heterocycles. The second-order valence-corrected chi connectivity index (χ2v) is 5.34. The summed E-state index contributed by atoms with van der Waals surface area (Å²) in [7, 11) is 0. The summed E-state index contributed by atoms with van der Waals surface area (Å²) in [5.41, 5.74) is 2.60. The Labute approximate surface area is 108 Å². The highest BCUT2D eigenvalue weighted by molar-refractivity contribution is 5.86. The van der Waals surface area contributed by atoms with E-state index in [1.807, 2.05) is 6.07 Å². The molecule has 3 rings (SSSR count). The summed E-state index contributed by atoms with van der Waals surface area (Å²) in [6.07, 6.45) is 1.94. The highest BCUT2D eigenvalue weighted by Gasteiger charge is 2.30. The molecule has 2 aliphatic rings. The van der Waals surface area contributed by atoms with E-state index in [2.05, 4.69) is 30.0 Å². The molecule has 0 aliphatic carbocycles. The molecule has 3 nitrogen and oxygen atoms in total. The first-order valence-corrected chi connectivity index (χ1v) is 6.70. The van der Waals surface area contributed by atoms with Gasteiger partial charge in [0.2, 0.25) is 0 Å². The Hall–Kier alpha value is -1.35. The zero-order valence-corrected chi connectivity index (χ0v) is 10.8. The molecule has 0 saturated carbocycles. The van der Waals surface area contributed by atoms with Crippen molar-refractivity contribution in [3.05, 3.63) is 29.8 Å². The molecule has 18 heavy (non-hydrogen) atoms. The van der Waals surface area contributed by atoms with E-state index in [0.717, 1.165) is 19.4 Å². The molecular formula is C15H19NO2. The number of fused-ring (bicyclic) bond motifs is 1. The van der Waals surface area contributed by atoms with Crippen molar-refractivity contribution < 1.29 is 9.53 Å². The van der Waals surface area contributed by atoms with Crippen LogP contribution in [0.1, 0.15) is 18.9 Å². The highest BCUT2D eigenvalue weighted by atomic mass is 16.5. The third kappa shape index (κ3) is 2.03. The zero-order chi connectivity index (χ0) is 12.5. The van der Waals surface area contributed by atoms with Gasteiger partial charge in [-0.15, -0.1) is 0 Å². The van der Waals surface area contributed by atoms with Gasteiger partial charge in [-0.05, 0) is 31.4 Å². The number of carbonyl (C=O) groups excluding carboxylic acids is 1. The van der Waals surface area contributed by atoms with Crippen molar-refractivity contribution in [1.82, 2.24) is 0 Å². The minimum atomic E-state index is 0.116. The Morgan fingerprint density at radius 1 is 1.44 bits per heavy atom. The molecule has 1 aromatic rings. The van der Waals surface area contributed by atoms with Gasteiger partial charge in [0.05, 0.1) is 13.2 Å². The highest BCUT2D eigenvalue weighted by Crippen LogP contribution is 2.32. The third-order valence-corrected chi connectivity index (χ3v) is 4.06. The van der Waals surface area contributed by atoms with Crippen molar-refractivity contribution in [2.75, 3.05) is 24.7 Å². The van der Waals surface area contributed by atoms with E-state index >= 15 is 0 Å². The predicted molar refractivity (Wildman–Crippen MR) is 70.9 cm³/mol. The van der Waals surface area contributed by atoms with Crippen LogP contribution < -0.4 is 4.90 Å². The van der Waals surface area contributed by atoms with Gasteiger partial charge < -0.3 is 9.64 Å². The van der Waals surface area contributed by atoms with Crippen molar-refractivity contribution in [2.45, 2.75) is 25.8 Å². The fraction of sp³-hybridized carbons (Fsp3) is 0.533. The molecule has 0 spiro atoms. The lowest BCUT2D eigenvalue weighted by molar-refractivity contribution is -0.121. The SMILES string of the molecule is CC1Cc2ccccc2N1CC(=O)C1CCOC1. The molecule has 0 amide bonds. The van der Waals surface area contributed by atoms with E-state index in [9.17, 15) is 4.79 Å². The smallest absolute Gasteiger partial charge is 0.157 e. The van der Waals surface area contributed by atoms with E-state index in [-0.39, 0.29) is 5.92 Å². The van der Waals surface area contributed by atoms with Crippen molar-refractivity contribution in [1.29, 1.82) is 0 Å². The van der Waals surface area contributed by atoms with Crippen molar-refractivity contribution in [3.8, 4) is 0 Å². The number of hydrogen-bond acceptors (Lipinski definition) is 3. The molecule has 2 unspecified atom stereocenters. The lowest BCUT2D eigenvalue weighted by Crippen LogP contribution is -2.37. The summed E-state index contributed by atoms with van der Waals surface area (Å²) >= 11 is 0. The molecule has 0 N–H and O–H groups in total. The molecular weight excluding hydrogens is 226 g/mol. The summed E-state index contributed by atoms with van der Waals surface area (Å²) in [6.45, 7) is 4.08. The van der Waals surface area contributed by atoms with Crippen molar-refractivity contribution >= 4 is 11.5 Å². The van der Waals surface area contributed by atoms with Gasteiger partial charge in [0.25, 0.3) is 0 Å². The number of Topliss-reactive ketones (excluding diaryl/α,β-unsaturated/α-hetero) is 1. The summed E-state index contributed by atoms with van der Waals surface area (Å²) < 4.78 is 5.30. The molecule has 2 heterocycles. The van der Waals surface area contributed by atoms with Crippen LogP contribution in [0.4, 0.5) is 5.69 Å². The number of ketones is 1. The van der Waals surface area contributed by atoms with Gasteiger partial charge in [0.15, 0.2) is 5.78 Å². The number of benzene rings is 1. The van der Waals surface area contributed by atoms with Gasteiger partial charge in [-0.25, -0.2) is 0 Å². The van der Waals surface area contributed by atoms with Crippen molar-refractivity contribution in [2.24, 2.45) is 5.92 Å². The second kappa shape index (κ2) is 4.73. The molecule has 1 saturated heterocycles. The first kappa shape index (κ1) is 11.7. The van der Waals surface area contributed by atoms with E-state index in [1.54, 1.807) is 0 Å². The number of carbonyl (C=O) groups is 1. The van der Waals surface area contributed by atoms with Gasteiger partial charge in [-0.2, -0.15) is 0 Å². The van der Waals surface area contributed by atoms with Crippen LogP contribution in [-0.2, 0) is 16.0 Å². The lowest BCUT2D eigenvalue weighted by atomic mass is 10.0. The zero-order valence-electron chi connectivity index (χ0n) is 10.8. The second-order valence-electron chi connectivity index (χ2n) is 5.34. The van der Waals surface area contributed by atoms with Crippen LogP contribution >= 0.6 is 0 Å². The fourth-order valence-electron chi connectivity index (χ4n) is 2.96. The summed E-state index contributed by atoms with van der Waals surface area (Å²) in [6, 6.07) is 8.83. The molecule has 1 aromatic carbocycles. The van der Waals surface area contributed by atoms with Crippen LogP contribution in [-0.4, -0.2) is 31.6 Å². The average Bonchev–Trinajstić information content (AvgIpc) is 2.98. The van der Waals surface area contributed by atoms with Gasteiger partial charge in [0, 0.05) is 24.3 Å². The van der Waals surface area contributed by atoms with Crippen LogP contribution in [0.5, 0.6) is 0 Å². The predicted octanol–water partition coefficient (Wildman–Crippen LogP) is 2.04. The Balaban J connectivity index is 1.74. The first-order valence-electron chi connectivity index (χ1n) is 6.70. The minimum absolute atomic E-state index is 0.116. The number of para-hydroxylation sites is 1. The Kier molecular flexibility index (Phi) is 3.08. The van der Waals surface area contributed by atoms with Crippen LogP contribution in [0.3, 0.4) is 0 Å². The molecule has 1 fully saturated rings. The molecule has 2 atom stereocenters. The lowest BCUT2D eigenvalue weighted by Gasteiger charge is -2.25. The fourth-order valence-corrected chi connectivity index (χ4v) is 2.96. The maximum absolute atomic E-state index is 12.2. The van der Waals surface area contributed by atoms with Gasteiger partial charge >= 0.3 is 0 Å². The Bertz CT molecular complexity index is 452. The summed E-state index contributed by atoms with van der Waals surface area (Å²) in [4.78, 5) is 14.5. The number of rotatable bonds is 3. The quantitative estimate of drug-likeness (QED) is 0.816. The van der Waals surface area contributed by atoms with Crippen LogP contribution in [0.15, 0.2) is 24.3 Å². The van der Waals surface area contributed by atoms with Crippen LogP contribution in [0.2, 0.25) is 0 Å². The largest absolute Gasteiger partial charge is 0.381 e. The topological polar surface area (TPSA) is 29.5 Å². The number of ether oxygens (including phenoxy) is 1. The van der Waals surface area contributed by atoms with Gasteiger partial charge in [-0.3, -0.25) is 4.79 Å². The van der Waals surface area contributed by atoms with E-state index < -0.39 is 0 Å². The Morgan fingerprint density at radius 3 is 3.06 bits per heavy atom. The summed E-state index contributed by atoms with van der Waals surface area (Å²) in [5.74, 6) is 0.445. The van der Waals surface area contributed by atoms with Gasteiger partial charge in [-0.1, -0.05) is 18.2 Å². The molecule has 3 heteroatoms. The molecule has 96 valence electrons. The molecule has 0 radical (unpaired) electrons. The van der Waals surface area contributed by atoms with Crippen LogP contribution in [0.25, 0.3) is 0 Å². The average molecular weight is 245 g/mol. The van der Waals surface area contributed by atoms with Gasteiger partial charge in [0.1, 0.15) is 0 Å². The van der Waals surface area contributed by atoms with Crippen molar-refractivity contribution in [3.63, 3.8) is 0 Å². The maximum Gasteiger partial charge on any atom is 0.157 e. The normalized spacial score (nSPS) is 26.4. The standard InChI is InChI=1S/C15H19NO2/c1-11-8-12-4-2-3-5-14(12)16(11)9-15(17)13-6-7-18-10-13/h2-5,11,13H,6-10H2,1H3. The minimum Gasteiger partial charge on any atom is -0.381 e. The van der Waals surface area contributed by atoms with E-state index in [1.165, 1.54) is 11.3 Å². The number of anilines is 1. The first-order chi connectivity index (χ1) is 8.75.